The minimum Gasteiger partial charge on any atom is -0.492 e. The first-order valence-corrected chi connectivity index (χ1v) is 7.81. The summed E-state index contributed by atoms with van der Waals surface area (Å²) < 4.78 is 18.7. The highest BCUT2D eigenvalue weighted by Gasteiger charge is 2.30. The number of ether oxygens (including phenoxy) is 1. The number of aromatic amines is 1. The standard InChI is InChI=1S/C16H20FN5O2/c1-10(15-18-5-6-19-15)20-16(23)14-8-12(21-22-14)9-24-13-4-2-3-11(17)7-13/h2-7,10,12,14,21-22H,8-9H2,1H3,(H,18,19)(H,20,23). The molecule has 0 spiro atoms. The molecule has 1 fully saturated rings. The van der Waals surface area contributed by atoms with Crippen LogP contribution in [0.3, 0.4) is 0 Å². The molecule has 0 radical (unpaired) electrons. The van der Waals surface area contributed by atoms with Crippen molar-refractivity contribution in [3.8, 4) is 5.75 Å². The number of benzene rings is 1. The Morgan fingerprint density at radius 1 is 1.50 bits per heavy atom. The highest BCUT2D eigenvalue weighted by atomic mass is 19.1. The molecule has 128 valence electrons. The Balaban J connectivity index is 1.45. The van der Waals surface area contributed by atoms with Gasteiger partial charge >= 0.3 is 0 Å². The number of rotatable bonds is 6. The van der Waals surface area contributed by atoms with Crippen LogP contribution >= 0.6 is 0 Å². The van der Waals surface area contributed by atoms with Crippen LogP contribution in [0.4, 0.5) is 4.39 Å². The van der Waals surface area contributed by atoms with Gasteiger partial charge < -0.3 is 15.0 Å². The van der Waals surface area contributed by atoms with Crippen molar-refractivity contribution in [2.24, 2.45) is 0 Å². The number of hydrazine groups is 1. The van der Waals surface area contributed by atoms with E-state index in [0.717, 1.165) is 0 Å². The number of halogens is 1. The fourth-order valence-electron chi connectivity index (χ4n) is 2.55. The summed E-state index contributed by atoms with van der Waals surface area (Å²) in [5, 5.41) is 2.90. The topological polar surface area (TPSA) is 91.1 Å². The van der Waals surface area contributed by atoms with Crippen LogP contribution in [0, 0.1) is 5.82 Å². The minimum absolute atomic E-state index is 0.0389. The van der Waals surface area contributed by atoms with Gasteiger partial charge in [0.2, 0.25) is 5.91 Å². The van der Waals surface area contributed by atoms with Crippen molar-refractivity contribution >= 4 is 5.91 Å². The van der Waals surface area contributed by atoms with Gasteiger partial charge in [0, 0.05) is 18.5 Å². The number of hydrogen-bond donors (Lipinski definition) is 4. The molecule has 1 amide bonds. The Morgan fingerprint density at radius 3 is 3.12 bits per heavy atom. The van der Waals surface area contributed by atoms with Crippen molar-refractivity contribution in [2.75, 3.05) is 6.61 Å². The van der Waals surface area contributed by atoms with Crippen LogP contribution in [0.25, 0.3) is 0 Å². The van der Waals surface area contributed by atoms with E-state index in [1.54, 1.807) is 24.5 Å². The fourth-order valence-corrected chi connectivity index (χ4v) is 2.55. The number of nitrogens with one attached hydrogen (secondary N) is 4. The third-order valence-electron chi connectivity index (χ3n) is 3.83. The number of hydrogen-bond acceptors (Lipinski definition) is 5. The van der Waals surface area contributed by atoms with Crippen LogP contribution < -0.4 is 20.9 Å². The summed E-state index contributed by atoms with van der Waals surface area (Å²) in [4.78, 5) is 19.4. The van der Waals surface area contributed by atoms with E-state index in [1.165, 1.54) is 12.1 Å². The second-order valence-corrected chi connectivity index (χ2v) is 5.75. The number of nitrogens with zero attached hydrogens (tertiary/aromatic N) is 1. The van der Waals surface area contributed by atoms with Gasteiger partial charge in [0.25, 0.3) is 0 Å². The number of aromatic nitrogens is 2. The molecule has 2 heterocycles. The van der Waals surface area contributed by atoms with Crippen LogP contribution in [0.1, 0.15) is 25.2 Å². The quantitative estimate of drug-likeness (QED) is 0.634. The SMILES string of the molecule is CC(NC(=O)C1CC(COc2cccc(F)c2)NN1)c1ncc[nH]1. The molecule has 3 rings (SSSR count). The first-order valence-electron chi connectivity index (χ1n) is 7.81. The van der Waals surface area contributed by atoms with Gasteiger partial charge in [-0.1, -0.05) is 6.07 Å². The summed E-state index contributed by atoms with van der Waals surface area (Å²) in [7, 11) is 0. The minimum atomic E-state index is -0.358. The third-order valence-corrected chi connectivity index (χ3v) is 3.83. The van der Waals surface area contributed by atoms with Gasteiger partial charge in [0.05, 0.1) is 12.1 Å². The molecule has 1 aliphatic rings. The molecule has 3 atom stereocenters. The Labute approximate surface area is 139 Å². The van der Waals surface area contributed by atoms with E-state index in [1.807, 2.05) is 6.92 Å². The van der Waals surface area contributed by atoms with E-state index in [0.29, 0.717) is 24.6 Å². The summed E-state index contributed by atoms with van der Waals surface area (Å²) in [5.41, 5.74) is 5.99. The average Bonchev–Trinajstić information content (AvgIpc) is 3.25. The lowest BCUT2D eigenvalue weighted by molar-refractivity contribution is -0.123. The first kappa shape index (κ1) is 16.4. The zero-order valence-corrected chi connectivity index (χ0v) is 13.3. The number of H-pyrrole nitrogens is 1. The average molecular weight is 333 g/mol. The molecular formula is C16H20FN5O2. The number of amides is 1. The maximum atomic E-state index is 13.1. The number of imidazole rings is 1. The number of carbonyl (C=O) groups is 1. The molecule has 1 aromatic heterocycles. The Morgan fingerprint density at radius 2 is 2.38 bits per heavy atom. The Bertz CT molecular complexity index is 679. The van der Waals surface area contributed by atoms with Crippen LogP contribution in [0.5, 0.6) is 5.75 Å². The summed E-state index contributed by atoms with van der Waals surface area (Å²) in [5.74, 6) is 0.727. The highest BCUT2D eigenvalue weighted by Crippen LogP contribution is 2.14. The van der Waals surface area contributed by atoms with E-state index < -0.39 is 0 Å². The summed E-state index contributed by atoms with van der Waals surface area (Å²) in [6.07, 6.45) is 3.94. The summed E-state index contributed by atoms with van der Waals surface area (Å²) in [6.45, 7) is 2.21. The number of carbonyl (C=O) groups excluding carboxylic acids is 1. The molecule has 8 heteroatoms. The van der Waals surface area contributed by atoms with Gasteiger partial charge in [-0.3, -0.25) is 10.2 Å². The molecule has 7 nitrogen and oxygen atoms in total. The van der Waals surface area contributed by atoms with Gasteiger partial charge in [-0.15, -0.1) is 0 Å². The van der Waals surface area contributed by atoms with E-state index in [9.17, 15) is 9.18 Å². The first-order chi connectivity index (χ1) is 11.6. The van der Waals surface area contributed by atoms with E-state index in [-0.39, 0.29) is 29.8 Å². The normalized spacial score (nSPS) is 21.4. The molecule has 24 heavy (non-hydrogen) atoms. The molecule has 4 N–H and O–H groups in total. The van der Waals surface area contributed by atoms with Crippen LogP contribution in [0.15, 0.2) is 36.7 Å². The molecule has 3 unspecified atom stereocenters. The van der Waals surface area contributed by atoms with E-state index >= 15 is 0 Å². The van der Waals surface area contributed by atoms with E-state index in [2.05, 4.69) is 26.1 Å². The molecule has 0 bridgehead atoms. The largest absolute Gasteiger partial charge is 0.492 e. The molecule has 2 aromatic rings. The third kappa shape index (κ3) is 4.09. The van der Waals surface area contributed by atoms with Crippen molar-refractivity contribution in [1.29, 1.82) is 0 Å². The van der Waals surface area contributed by atoms with Crippen LogP contribution in [-0.2, 0) is 4.79 Å². The van der Waals surface area contributed by atoms with Crippen molar-refractivity contribution in [1.82, 2.24) is 26.1 Å². The molecule has 0 aliphatic carbocycles. The smallest absolute Gasteiger partial charge is 0.239 e. The lowest BCUT2D eigenvalue weighted by Gasteiger charge is -2.15. The van der Waals surface area contributed by atoms with Gasteiger partial charge in [-0.25, -0.2) is 14.8 Å². The zero-order chi connectivity index (χ0) is 16.9. The Hall–Kier alpha value is -2.45. The molecule has 1 saturated heterocycles. The second kappa shape index (κ2) is 7.41. The van der Waals surface area contributed by atoms with Crippen molar-refractivity contribution < 1.29 is 13.9 Å². The predicted molar refractivity (Wildman–Crippen MR) is 85.5 cm³/mol. The predicted octanol–water partition coefficient (Wildman–Crippen LogP) is 1.04. The maximum Gasteiger partial charge on any atom is 0.239 e. The van der Waals surface area contributed by atoms with Crippen LogP contribution in [-0.4, -0.2) is 34.6 Å². The highest BCUT2D eigenvalue weighted by molar-refractivity contribution is 5.82. The van der Waals surface area contributed by atoms with E-state index in [4.69, 9.17) is 4.74 Å². The van der Waals surface area contributed by atoms with Crippen molar-refractivity contribution in [3.63, 3.8) is 0 Å². The van der Waals surface area contributed by atoms with Crippen molar-refractivity contribution in [2.45, 2.75) is 31.5 Å². The van der Waals surface area contributed by atoms with Gasteiger partial charge in [0.1, 0.15) is 30.0 Å². The molecule has 1 aliphatic heterocycles. The lowest BCUT2D eigenvalue weighted by atomic mass is 10.1. The molecule has 0 saturated carbocycles. The van der Waals surface area contributed by atoms with Crippen LogP contribution in [0.2, 0.25) is 0 Å². The van der Waals surface area contributed by atoms with Gasteiger partial charge in [-0.05, 0) is 25.5 Å². The monoisotopic (exact) mass is 333 g/mol. The molecular weight excluding hydrogens is 313 g/mol. The summed E-state index contributed by atoms with van der Waals surface area (Å²) in [6, 6.07) is 5.39. The summed E-state index contributed by atoms with van der Waals surface area (Å²) >= 11 is 0. The Kier molecular flexibility index (Phi) is 5.07. The second-order valence-electron chi connectivity index (χ2n) is 5.75. The van der Waals surface area contributed by atoms with Gasteiger partial charge in [0.15, 0.2) is 0 Å². The maximum absolute atomic E-state index is 13.1. The molecule has 1 aromatic carbocycles. The zero-order valence-electron chi connectivity index (χ0n) is 13.3. The van der Waals surface area contributed by atoms with Gasteiger partial charge in [-0.2, -0.15) is 0 Å². The fraction of sp³-hybridized carbons (Fsp3) is 0.375. The lowest BCUT2D eigenvalue weighted by Crippen LogP contribution is -2.44. The van der Waals surface area contributed by atoms with Crippen molar-refractivity contribution in [3.05, 3.63) is 48.3 Å².